The molecule has 3 rings (SSSR count). The predicted molar refractivity (Wildman–Crippen MR) is 132 cm³/mol. The predicted octanol–water partition coefficient (Wildman–Crippen LogP) is 5.62. The fourth-order valence-electron chi connectivity index (χ4n) is 3.22. The van der Waals surface area contributed by atoms with Crippen molar-refractivity contribution in [3.8, 4) is 11.3 Å². The zero-order valence-electron chi connectivity index (χ0n) is 19.5. The van der Waals surface area contributed by atoms with Crippen LogP contribution < -0.4 is 5.56 Å². The molecular formula is C25H32N4OS. The second kappa shape index (κ2) is 9.18. The van der Waals surface area contributed by atoms with E-state index in [1.165, 1.54) is 11.1 Å². The van der Waals surface area contributed by atoms with Crippen LogP contribution in [-0.4, -0.2) is 34.8 Å². The number of hydrogen-bond donors (Lipinski definition) is 1. The zero-order valence-corrected chi connectivity index (χ0v) is 20.4. The molecule has 0 aliphatic carbocycles. The van der Waals surface area contributed by atoms with Crippen molar-refractivity contribution in [1.29, 1.82) is 0 Å². The Bertz CT molecular complexity index is 1150. The molecule has 164 valence electrons. The van der Waals surface area contributed by atoms with E-state index in [1.807, 2.05) is 30.9 Å². The third kappa shape index (κ3) is 5.50. The number of nitrogens with one attached hydrogen (secondary N) is 1. The van der Waals surface area contributed by atoms with Gasteiger partial charge in [-0.3, -0.25) is 4.79 Å². The quantitative estimate of drug-likeness (QED) is 0.403. The number of nitrogens with zero attached hydrogens (tertiary/aromatic N) is 3. The van der Waals surface area contributed by atoms with Gasteiger partial charge in [-0.25, -0.2) is 9.98 Å². The largest absolute Gasteiger partial charge is 0.366 e. The lowest BCUT2D eigenvalue weighted by Gasteiger charge is -2.18. The molecule has 0 fully saturated rings. The van der Waals surface area contributed by atoms with E-state index in [1.54, 1.807) is 11.3 Å². The van der Waals surface area contributed by atoms with Gasteiger partial charge >= 0.3 is 0 Å². The first kappa shape index (κ1) is 22.9. The maximum atomic E-state index is 12.6. The van der Waals surface area contributed by atoms with Gasteiger partial charge in [-0.1, -0.05) is 26.8 Å². The highest BCUT2D eigenvalue weighted by Gasteiger charge is 2.17. The summed E-state index contributed by atoms with van der Waals surface area (Å²) in [7, 11) is 2.02. The van der Waals surface area contributed by atoms with Crippen molar-refractivity contribution in [2.45, 2.75) is 53.4 Å². The minimum atomic E-state index is -0.0948. The molecule has 0 aliphatic rings. The molecule has 6 heteroatoms. The fraction of sp³-hybridized carbons (Fsp3) is 0.400. The molecule has 0 radical (unpaired) electrons. The third-order valence-electron chi connectivity index (χ3n) is 5.43. The highest BCUT2D eigenvalue weighted by atomic mass is 32.1. The normalized spacial score (nSPS) is 12.0. The number of rotatable bonds is 6. The summed E-state index contributed by atoms with van der Waals surface area (Å²) in [6.07, 6.45) is 2.62. The van der Waals surface area contributed by atoms with Crippen molar-refractivity contribution in [2.24, 2.45) is 4.99 Å². The van der Waals surface area contributed by atoms with Crippen LogP contribution in [0.1, 0.15) is 55.1 Å². The maximum Gasteiger partial charge on any atom is 0.257 e. The molecule has 0 spiro atoms. The van der Waals surface area contributed by atoms with E-state index in [2.05, 4.69) is 68.6 Å². The molecule has 0 bridgehead atoms. The number of aliphatic imine (C=N–C) groups is 1. The Kier molecular flexibility index (Phi) is 6.80. The van der Waals surface area contributed by atoms with Crippen LogP contribution in [0.25, 0.3) is 11.3 Å². The van der Waals surface area contributed by atoms with Crippen LogP contribution in [0, 0.1) is 13.8 Å². The van der Waals surface area contributed by atoms with Crippen LogP contribution in [-0.2, 0) is 11.8 Å². The van der Waals surface area contributed by atoms with Gasteiger partial charge < -0.3 is 9.88 Å². The van der Waals surface area contributed by atoms with Gasteiger partial charge in [0.25, 0.3) is 5.56 Å². The summed E-state index contributed by atoms with van der Waals surface area (Å²) in [6.45, 7) is 13.5. The van der Waals surface area contributed by atoms with Crippen LogP contribution >= 0.6 is 11.3 Å². The summed E-state index contributed by atoms with van der Waals surface area (Å²) < 4.78 is 0. The average molecular weight is 437 g/mol. The SMILES string of the molecule is CCN(C)C=Nc1cc(C)c(Cc2nc(-c3ccc(C(C)(C)C)[nH]c3=O)cs2)cc1C. The lowest BCUT2D eigenvalue weighted by atomic mass is 9.91. The monoisotopic (exact) mass is 436 g/mol. The summed E-state index contributed by atoms with van der Waals surface area (Å²) in [5.41, 5.74) is 6.67. The first-order chi connectivity index (χ1) is 14.6. The molecule has 0 aliphatic heterocycles. The first-order valence-electron chi connectivity index (χ1n) is 10.6. The molecule has 2 aromatic heterocycles. The first-order valence-corrected chi connectivity index (χ1v) is 11.5. The van der Waals surface area contributed by atoms with E-state index >= 15 is 0 Å². The smallest absolute Gasteiger partial charge is 0.257 e. The number of aromatic nitrogens is 2. The van der Waals surface area contributed by atoms with Crippen molar-refractivity contribution in [2.75, 3.05) is 13.6 Å². The molecule has 3 aromatic rings. The fourth-order valence-corrected chi connectivity index (χ4v) is 4.04. The van der Waals surface area contributed by atoms with Crippen molar-refractivity contribution in [3.05, 3.63) is 67.4 Å². The van der Waals surface area contributed by atoms with E-state index < -0.39 is 0 Å². The van der Waals surface area contributed by atoms with Gasteiger partial charge in [-0.05, 0) is 55.7 Å². The van der Waals surface area contributed by atoms with Crippen molar-refractivity contribution in [1.82, 2.24) is 14.9 Å². The van der Waals surface area contributed by atoms with E-state index in [-0.39, 0.29) is 11.0 Å². The standard InChI is InChI=1S/C25H32N4OS/c1-8-29(7)15-26-20-12-16(2)18(11-17(20)3)13-23-27-21(14-31-23)19-9-10-22(25(4,5)6)28-24(19)30/h9-12,14-15H,8,13H2,1-7H3,(H,28,30). The Hall–Kier alpha value is -2.73. The van der Waals surface area contributed by atoms with Gasteiger partial charge in [-0.15, -0.1) is 11.3 Å². The number of pyridine rings is 1. The summed E-state index contributed by atoms with van der Waals surface area (Å²) in [4.78, 5) is 27.0. The lowest BCUT2D eigenvalue weighted by molar-refractivity contribution is 0.552. The topological polar surface area (TPSA) is 61.4 Å². The number of aryl methyl sites for hydroxylation is 2. The Morgan fingerprint density at radius 2 is 1.94 bits per heavy atom. The second-order valence-electron chi connectivity index (χ2n) is 9.05. The van der Waals surface area contributed by atoms with Crippen molar-refractivity contribution < 1.29 is 0 Å². The summed E-state index contributed by atoms with van der Waals surface area (Å²) in [6, 6.07) is 8.20. The maximum absolute atomic E-state index is 12.6. The van der Waals surface area contributed by atoms with E-state index in [4.69, 9.17) is 4.98 Å². The van der Waals surface area contributed by atoms with Gasteiger partial charge in [0.05, 0.1) is 28.3 Å². The Morgan fingerprint density at radius 3 is 2.58 bits per heavy atom. The highest BCUT2D eigenvalue weighted by molar-refractivity contribution is 7.10. The Balaban J connectivity index is 1.82. The molecule has 0 saturated heterocycles. The molecule has 0 saturated carbocycles. The van der Waals surface area contributed by atoms with E-state index in [0.717, 1.165) is 40.6 Å². The Morgan fingerprint density at radius 1 is 1.19 bits per heavy atom. The lowest BCUT2D eigenvalue weighted by Crippen LogP contribution is -2.20. The molecular weight excluding hydrogens is 404 g/mol. The molecule has 0 atom stereocenters. The number of aromatic amines is 1. The van der Waals surface area contributed by atoms with Gasteiger partial charge in [0.1, 0.15) is 0 Å². The number of hydrogen-bond acceptors (Lipinski definition) is 4. The van der Waals surface area contributed by atoms with Gasteiger partial charge in [0, 0.05) is 36.5 Å². The molecule has 31 heavy (non-hydrogen) atoms. The third-order valence-corrected chi connectivity index (χ3v) is 6.28. The van der Waals surface area contributed by atoms with Crippen LogP contribution in [0.3, 0.4) is 0 Å². The van der Waals surface area contributed by atoms with Crippen LogP contribution in [0.4, 0.5) is 5.69 Å². The van der Waals surface area contributed by atoms with Crippen molar-refractivity contribution >= 4 is 23.4 Å². The zero-order chi connectivity index (χ0) is 22.8. The van der Waals surface area contributed by atoms with Crippen LogP contribution in [0.5, 0.6) is 0 Å². The summed E-state index contributed by atoms with van der Waals surface area (Å²) in [5.74, 6) is 0. The van der Waals surface area contributed by atoms with E-state index in [0.29, 0.717) is 5.56 Å². The van der Waals surface area contributed by atoms with E-state index in [9.17, 15) is 4.79 Å². The van der Waals surface area contributed by atoms with Gasteiger partial charge in [-0.2, -0.15) is 0 Å². The second-order valence-corrected chi connectivity index (χ2v) is 9.99. The average Bonchev–Trinajstić information content (AvgIpc) is 3.16. The van der Waals surface area contributed by atoms with Gasteiger partial charge in [0.2, 0.25) is 0 Å². The molecule has 1 aromatic carbocycles. The molecule has 1 N–H and O–H groups in total. The summed E-state index contributed by atoms with van der Waals surface area (Å²) in [5, 5.41) is 2.97. The number of H-pyrrole nitrogens is 1. The Labute approximate surface area is 188 Å². The number of thiazole rings is 1. The van der Waals surface area contributed by atoms with Gasteiger partial charge in [0.15, 0.2) is 0 Å². The molecule has 5 nitrogen and oxygen atoms in total. The molecule has 2 heterocycles. The van der Waals surface area contributed by atoms with Crippen LogP contribution in [0.15, 0.2) is 39.4 Å². The summed E-state index contributed by atoms with van der Waals surface area (Å²) >= 11 is 1.59. The minimum absolute atomic E-state index is 0.0874. The molecule has 0 unspecified atom stereocenters. The highest BCUT2D eigenvalue weighted by Crippen LogP contribution is 2.27. The molecule has 0 amide bonds. The van der Waals surface area contributed by atoms with Crippen molar-refractivity contribution in [3.63, 3.8) is 0 Å². The number of benzene rings is 1. The van der Waals surface area contributed by atoms with Crippen LogP contribution in [0.2, 0.25) is 0 Å². The minimum Gasteiger partial charge on any atom is -0.366 e.